The number of hydrogen-bond donors (Lipinski definition) is 1. The fourth-order valence-electron chi connectivity index (χ4n) is 2.29. The number of ketones is 1. The van der Waals surface area contributed by atoms with Crippen LogP contribution in [0.3, 0.4) is 0 Å². The highest BCUT2D eigenvalue weighted by molar-refractivity contribution is 6.52. The SMILES string of the molecule is COc1ccccc1-c1cccc2c1C(=O)C(=O)N2. The number of Topliss-reactive ketones (excluding diaryl/α,β-unsaturated/α-hetero) is 1. The van der Waals surface area contributed by atoms with Crippen molar-refractivity contribution in [3.05, 3.63) is 48.0 Å². The molecule has 3 rings (SSSR count). The molecule has 0 saturated carbocycles. The molecule has 1 heterocycles. The third-order valence-electron chi connectivity index (χ3n) is 3.14. The molecule has 1 N–H and O–H groups in total. The summed E-state index contributed by atoms with van der Waals surface area (Å²) in [5.41, 5.74) is 2.47. The van der Waals surface area contributed by atoms with Gasteiger partial charge in [0, 0.05) is 5.56 Å². The van der Waals surface area contributed by atoms with E-state index < -0.39 is 11.7 Å². The lowest BCUT2D eigenvalue weighted by Crippen LogP contribution is -2.12. The molecule has 0 saturated heterocycles. The van der Waals surface area contributed by atoms with Gasteiger partial charge in [-0.2, -0.15) is 0 Å². The standard InChI is InChI=1S/C15H11NO3/c1-19-12-8-3-2-5-9(12)10-6-4-7-11-13(10)14(17)15(18)16-11/h2-8H,1H3,(H,16,17,18). The van der Waals surface area contributed by atoms with Gasteiger partial charge in [-0.1, -0.05) is 30.3 Å². The number of rotatable bonds is 2. The summed E-state index contributed by atoms with van der Waals surface area (Å²) in [4.78, 5) is 23.4. The first-order valence-electron chi connectivity index (χ1n) is 5.84. The Hall–Kier alpha value is -2.62. The number of benzene rings is 2. The van der Waals surface area contributed by atoms with E-state index >= 15 is 0 Å². The molecule has 1 aliphatic rings. The zero-order valence-corrected chi connectivity index (χ0v) is 10.3. The van der Waals surface area contributed by atoms with Crippen LogP contribution >= 0.6 is 0 Å². The Labute approximate surface area is 110 Å². The highest BCUT2D eigenvalue weighted by Gasteiger charge is 2.31. The minimum Gasteiger partial charge on any atom is -0.496 e. The van der Waals surface area contributed by atoms with E-state index in [1.807, 2.05) is 30.3 Å². The first-order chi connectivity index (χ1) is 9.22. The molecular weight excluding hydrogens is 242 g/mol. The molecular formula is C15H11NO3. The van der Waals surface area contributed by atoms with Crippen LogP contribution < -0.4 is 10.1 Å². The number of carbonyl (C=O) groups excluding carboxylic acids is 2. The molecule has 19 heavy (non-hydrogen) atoms. The first-order valence-corrected chi connectivity index (χ1v) is 5.84. The molecule has 0 atom stereocenters. The van der Waals surface area contributed by atoms with Crippen molar-refractivity contribution in [3.63, 3.8) is 0 Å². The van der Waals surface area contributed by atoms with Crippen LogP contribution in [0.5, 0.6) is 5.75 Å². The molecule has 94 valence electrons. The Kier molecular flexibility index (Phi) is 2.56. The second-order valence-corrected chi connectivity index (χ2v) is 4.21. The van der Waals surface area contributed by atoms with Crippen LogP contribution in [0.1, 0.15) is 10.4 Å². The molecule has 4 nitrogen and oxygen atoms in total. The zero-order chi connectivity index (χ0) is 13.4. The van der Waals surface area contributed by atoms with E-state index in [4.69, 9.17) is 4.74 Å². The minimum absolute atomic E-state index is 0.414. The summed E-state index contributed by atoms with van der Waals surface area (Å²) in [6.45, 7) is 0. The number of amides is 1. The van der Waals surface area contributed by atoms with Gasteiger partial charge in [0.05, 0.1) is 18.4 Å². The normalized spacial score (nSPS) is 13.1. The largest absolute Gasteiger partial charge is 0.496 e. The Balaban J connectivity index is 2.26. The van der Waals surface area contributed by atoms with Gasteiger partial charge in [0.15, 0.2) is 0 Å². The summed E-state index contributed by atoms with van der Waals surface area (Å²) in [5.74, 6) is -0.420. The van der Waals surface area contributed by atoms with Crippen LogP contribution in [0.4, 0.5) is 5.69 Å². The number of methoxy groups -OCH3 is 1. The van der Waals surface area contributed by atoms with E-state index in [1.54, 1.807) is 19.2 Å². The Bertz CT molecular complexity index is 692. The van der Waals surface area contributed by atoms with Gasteiger partial charge in [-0.3, -0.25) is 9.59 Å². The smallest absolute Gasteiger partial charge is 0.296 e. The molecule has 1 aliphatic heterocycles. The third-order valence-corrected chi connectivity index (χ3v) is 3.14. The second kappa shape index (κ2) is 4.24. The summed E-state index contributed by atoms with van der Waals surface area (Å²) in [5, 5.41) is 2.57. The van der Waals surface area contributed by atoms with Gasteiger partial charge in [0.2, 0.25) is 0 Å². The van der Waals surface area contributed by atoms with Crippen LogP contribution in [0.25, 0.3) is 11.1 Å². The van der Waals surface area contributed by atoms with E-state index in [1.165, 1.54) is 0 Å². The minimum atomic E-state index is -0.586. The monoisotopic (exact) mass is 253 g/mol. The zero-order valence-electron chi connectivity index (χ0n) is 10.3. The number of hydrogen-bond acceptors (Lipinski definition) is 3. The van der Waals surface area contributed by atoms with Crippen LogP contribution in [0, 0.1) is 0 Å². The predicted molar refractivity (Wildman–Crippen MR) is 71.4 cm³/mol. The summed E-state index contributed by atoms with van der Waals surface area (Å²) in [6, 6.07) is 12.8. The van der Waals surface area contributed by atoms with Gasteiger partial charge in [0.25, 0.3) is 11.7 Å². The van der Waals surface area contributed by atoms with Crippen molar-refractivity contribution in [2.45, 2.75) is 0 Å². The fourth-order valence-corrected chi connectivity index (χ4v) is 2.29. The molecule has 0 bridgehead atoms. The van der Waals surface area contributed by atoms with Crippen LogP contribution in [-0.4, -0.2) is 18.8 Å². The lowest BCUT2D eigenvalue weighted by Gasteiger charge is -2.10. The van der Waals surface area contributed by atoms with E-state index in [2.05, 4.69) is 5.32 Å². The average Bonchev–Trinajstić information content (AvgIpc) is 2.74. The Morgan fingerprint density at radius 2 is 1.68 bits per heavy atom. The first kappa shape index (κ1) is 11.5. The van der Waals surface area contributed by atoms with Gasteiger partial charge >= 0.3 is 0 Å². The van der Waals surface area contributed by atoms with Crippen LogP contribution in [-0.2, 0) is 4.79 Å². The molecule has 4 heteroatoms. The number of nitrogens with one attached hydrogen (secondary N) is 1. The topological polar surface area (TPSA) is 55.4 Å². The van der Waals surface area contributed by atoms with Gasteiger partial charge in [0.1, 0.15) is 5.75 Å². The number of ether oxygens (including phenoxy) is 1. The lowest BCUT2D eigenvalue weighted by atomic mass is 9.96. The van der Waals surface area contributed by atoms with Crippen molar-refractivity contribution in [2.75, 3.05) is 12.4 Å². The summed E-state index contributed by atoms with van der Waals surface area (Å²) in [7, 11) is 1.58. The maximum Gasteiger partial charge on any atom is 0.296 e. The molecule has 2 aromatic carbocycles. The van der Waals surface area contributed by atoms with Crippen LogP contribution in [0.15, 0.2) is 42.5 Å². The second-order valence-electron chi connectivity index (χ2n) is 4.21. The fraction of sp³-hybridized carbons (Fsp3) is 0.0667. The molecule has 0 aromatic heterocycles. The van der Waals surface area contributed by atoms with Crippen molar-refractivity contribution in [2.24, 2.45) is 0 Å². The maximum absolute atomic E-state index is 11.9. The van der Waals surface area contributed by atoms with Gasteiger partial charge in [-0.25, -0.2) is 0 Å². The third kappa shape index (κ3) is 1.69. The van der Waals surface area contributed by atoms with Gasteiger partial charge < -0.3 is 10.1 Å². The number of anilines is 1. The van der Waals surface area contributed by atoms with E-state index in [9.17, 15) is 9.59 Å². The number of fused-ring (bicyclic) bond motifs is 1. The Morgan fingerprint density at radius 1 is 0.947 bits per heavy atom. The van der Waals surface area contributed by atoms with Gasteiger partial charge in [-0.05, 0) is 17.7 Å². The predicted octanol–water partition coefficient (Wildman–Crippen LogP) is 2.50. The van der Waals surface area contributed by atoms with Crippen molar-refractivity contribution >= 4 is 17.4 Å². The van der Waals surface area contributed by atoms with Crippen LogP contribution in [0.2, 0.25) is 0 Å². The molecule has 1 amide bonds. The average molecular weight is 253 g/mol. The molecule has 0 spiro atoms. The van der Waals surface area contributed by atoms with Crippen molar-refractivity contribution in [3.8, 4) is 16.9 Å². The van der Waals surface area contributed by atoms with Gasteiger partial charge in [-0.15, -0.1) is 0 Å². The van der Waals surface area contributed by atoms with E-state index in [0.717, 1.165) is 5.56 Å². The molecule has 0 unspecified atom stereocenters. The summed E-state index contributed by atoms with van der Waals surface area (Å²) in [6.07, 6.45) is 0. The summed E-state index contributed by atoms with van der Waals surface area (Å²) >= 11 is 0. The quantitative estimate of drug-likeness (QED) is 0.836. The summed E-state index contributed by atoms with van der Waals surface area (Å²) < 4.78 is 5.30. The van der Waals surface area contributed by atoms with Crippen molar-refractivity contribution in [1.82, 2.24) is 0 Å². The van der Waals surface area contributed by atoms with E-state index in [0.29, 0.717) is 22.6 Å². The number of para-hydroxylation sites is 1. The molecule has 0 fully saturated rings. The lowest BCUT2D eigenvalue weighted by molar-refractivity contribution is -0.112. The highest BCUT2D eigenvalue weighted by atomic mass is 16.5. The molecule has 2 aromatic rings. The Morgan fingerprint density at radius 3 is 2.47 bits per heavy atom. The number of carbonyl (C=O) groups is 2. The van der Waals surface area contributed by atoms with E-state index in [-0.39, 0.29) is 0 Å². The van der Waals surface area contributed by atoms with Crippen molar-refractivity contribution < 1.29 is 14.3 Å². The maximum atomic E-state index is 11.9. The highest BCUT2D eigenvalue weighted by Crippen LogP contribution is 2.37. The molecule has 0 radical (unpaired) electrons. The van der Waals surface area contributed by atoms with Crippen molar-refractivity contribution in [1.29, 1.82) is 0 Å². The molecule has 0 aliphatic carbocycles.